The number of amides is 1. The predicted molar refractivity (Wildman–Crippen MR) is 73.0 cm³/mol. The molecule has 0 fully saturated rings. The number of aromatic nitrogens is 3. The number of rotatable bonds is 5. The molecular weight excluding hydrogens is 284 g/mol. The van der Waals surface area contributed by atoms with Crippen molar-refractivity contribution in [3.05, 3.63) is 29.8 Å². The lowest BCUT2D eigenvalue weighted by Gasteiger charge is -2.06. The third-order valence-corrected chi connectivity index (χ3v) is 2.82. The van der Waals surface area contributed by atoms with E-state index in [0.29, 0.717) is 17.4 Å². The van der Waals surface area contributed by atoms with Crippen molar-refractivity contribution in [3.8, 4) is 16.9 Å². The van der Waals surface area contributed by atoms with Crippen LogP contribution in [0.5, 0.6) is 5.75 Å². The Labute approximate surface area is 120 Å². The molecule has 7 nitrogen and oxygen atoms in total. The molecule has 0 radical (unpaired) electrons. The van der Waals surface area contributed by atoms with E-state index in [4.69, 9.17) is 21.4 Å². The lowest BCUT2D eigenvalue weighted by Crippen LogP contribution is -2.25. The van der Waals surface area contributed by atoms with Gasteiger partial charge >= 0.3 is 6.09 Å². The Balaban J connectivity index is 2.14. The molecule has 0 spiro atoms. The molecule has 0 aliphatic heterocycles. The summed E-state index contributed by atoms with van der Waals surface area (Å²) in [4.78, 5) is 14.4. The van der Waals surface area contributed by atoms with Gasteiger partial charge in [0.15, 0.2) is 0 Å². The largest absolute Gasteiger partial charge is 0.496 e. The van der Waals surface area contributed by atoms with E-state index in [1.807, 2.05) is 0 Å². The first kappa shape index (κ1) is 14.1. The second-order valence-electron chi connectivity index (χ2n) is 3.93. The normalized spacial score (nSPS) is 10.3. The van der Waals surface area contributed by atoms with Crippen molar-refractivity contribution in [2.24, 2.45) is 0 Å². The third kappa shape index (κ3) is 3.39. The molecule has 0 unspecified atom stereocenters. The zero-order valence-corrected chi connectivity index (χ0v) is 11.5. The van der Waals surface area contributed by atoms with Crippen molar-refractivity contribution in [1.82, 2.24) is 20.1 Å². The van der Waals surface area contributed by atoms with Crippen LogP contribution in [0.2, 0.25) is 5.15 Å². The number of methoxy groups -OCH3 is 1. The quantitative estimate of drug-likeness (QED) is 0.822. The SMILES string of the molecule is COc1cc(Cl)ncc1-c1cnn(CCNC(=O)O)c1. The van der Waals surface area contributed by atoms with Gasteiger partial charge in [-0.25, -0.2) is 9.78 Å². The first-order valence-corrected chi connectivity index (χ1v) is 6.17. The van der Waals surface area contributed by atoms with Crippen LogP contribution in [0.1, 0.15) is 0 Å². The van der Waals surface area contributed by atoms with Crippen molar-refractivity contribution >= 4 is 17.7 Å². The number of nitrogens with zero attached hydrogens (tertiary/aromatic N) is 3. The molecule has 2 rings (SSSR count). The highest BCUT2D eigenvalue weighted by atomic mass is 35.5. The number of hydrogen-bond acceptors (Lipinski definition) is 4. The van der Waals surface area contributed by atoms with E-state index in [-0.39, 0.29) is 6.54 Å². The predicted octanol–water partition coefficient (Wildman–Crippen LogP) is 1.87. The molecule has 0 saturated carbocycles. The Morgan fingerprint density at radius 3 is 3.05 bits per heavy atom. The van der Waals surface area contributed by atoms with Gasteiger partial charge in [0.2, 0.25) is 0 Å². The maximum atomic E-state index is 10.4. The molecular formula is C12H13ClN4O3. The minimum atomic E-state index is -1.05. The summed E-state index contributed by atoms with van der Waals surface area (Å²) in [6.07, 6.45) is 4.00. The van der Waals surface area contributed by atoms with Gasteiger partial charge in [-0.05, 0) is 0 Å². The van der Waals surface area contributed by atoms with Crippen molar-refractivity contribution in [2.75, 3.05) is 13.7 Å². The van der Waals surface area contributed by atoms with Gasteiger partial charge in [-0.2, -0.15) is 5.10 Å². The Morgan fingerprint density at radius 1 is 1.55 bits per heavy atom. The fraction of sp³-hybridized carbons (Fsp3) is 0.250. The summed E-state index contributed by atoms with van der Waals surface area (Å²) in [7, 11) is 1.55. The number of nitrogens with one attached hydrogen (secondary N) is 1. The van der Waals surface area contributed by atoms with Gasteiger partial charge < -0.3 is 15.2 Å². The fourth-order valence-corrected chi connectivity index (χ4v) is 1.85. The molecule has 0 aliphatic rings. The first-order valence-electron chi connectivity index (χ1n) is 5.79. The molecule has 1 amide bonds. The molecule has 106 valence electrons. The van der Waals surface area contributed by atoms with Gasteiger partial charge in [-0.3, -0.25) is 4.68 Å². The summed E-state index contributed by atoms with van der Waals surface area (Å²) in [5.41, 5.74) is 1.59. The number of ether oxygens (including phenoxy) is 1. The van der Waals surface area contributed by atoms with Crippen molar-refractivity contribution in [3.63, 3.8) is 0 Å². The molecule has 20 heavy (non-hydrogen) atoms. The van der Waals surface area contributed by atoms with Gasteiger partial charge in [0.25, 0.3) is 0 Å². The average Bonchev–Trinajstić information content (AvgIpc) is 2.86. The van der Waals surface area contributed by atoms with Crippen LogP contribution in [-0.2, 0) is 6.54 Å². The summed E-state index contributed by atoms with van der Waals surface area (Å²) in [6.45, 7) is 0.724. The molecule has 0 saturated heterocycles. The van der Waals surface area contributed by atoms with Crippen molar-refractivity contribution in [2.45, 2.75) is 6.54 Å². The first-order chi connectivity index (χ1) is 9.60. The lowest BCUT2D eigenvalue weighted by molar-refractivity contribution is 0.194. The molecule has 2 N–H and O–H groups in total. The Morgan fingerprint density at radius 2 is 2.35 bits per heavy atom. The fourth-order valence-electron chi connectivity index (χ4n) is 1.70. The molecule has 2 heterocycles. The minimum absolute atomic E-state index is 0.284. The summed E-state index contributed by atoms with van der Waals surface area (Å²) >= 11 is 5.81. The summed E-state index contributed by atoms with van der Waals surface area (Å²) in [5.74, 6) is 0.605. The number of carbonyl (C=O) groups is 1. The van der Waals surface area contributed by atoms with Gasteiger partial charge in [0.1, 0.15) is 10.9 Å². The Bertz CT molecular complexity index is 614. The minimum Gasteiger partial charge on any atom is -0.496 e. The van der Waals surface area contributed by atoms with Gasteiger partial charge in [-0.15, -0.1) is 0 Å². The molecule has 0 aliphatic carbocycles. The highest BCUT2D eigenvalue weighted by Gasteiger charge is 2.09. The average molecular weight is 297 g/mol. The van der Waals surface area contributed by atoms with Gasteiger partial charge in [0, 0.05) is 36.1 Å². The second-order valence-corrected chi connectivity index (χ2v) is 4.32. The Kier molecular flexibility index (Phi) is 4.41. The standard InChI is InChI=1S/C12H13ClN4O3/c1-20-10-4-11(13)15-6-9(10)8-5-16-17(7-8)3-2-14-12(18)19/h4-7,14H,2-3H2,1H3,(H,18,19). The van der Waals surface area contributed by atoms with E-state index in [1.165, 1.54) is 0 Å². The van der Waals surface area contributed by atoms with Crippen LogP contribution in [0.3, 0.4) is 0 Å². The van der Waals surface area contributed by atoms with Crippen LogP contribution in [0, 0.1) is 0 Å². The highest BCUT2D eigenvalue weighted by molar-refractivity contribution is 6.29. The molecule has 2 aromatic rings. The van der Waals surface area contributed by atoms with Crippen LogP contribution in [0.4, 0.5) is 4.79 Å². The molecule has 0 atom stereocenters. The molecule has 0 bridgehead atoms. The second kappa shape index (κ2) is 6.25. The number of carboxylic acid groups (broad SMARTS) is 1. The Hall–Kier alpha value is -2.28. The van der Waals surface area contributed by atoms with E-state index in [1.54, 1.807) is 36.4 Å². The van der Waals surface area contributed by atoms with Crippen LogP contribution in [-0.4, -0.2) is 39.6 Å². The third-order valence-electron chi connectivity index (χ3n) is 2.61. The van der Waals surface area contributed by atoms with Crippen LogP contribution >= 0.6 is 11.6 Å². The number of hydrogen-bond donors (Lipinski definition) is 2. The molecule has 0 aromatic carbocycles. The monoisotopic (exact) mass is 296 g/mol. The summed E-state index contributed by atoms with van der Waals surface area (Å²) < 4.78 is 6.89. The lowest BCUT2D eigenvalue weighted by atomic mass is 10.1. The molecule has 8 heteroatoms. The van der Waals surface area contributed by atoms with E-state index < -0.39 is 6.09 Å². The van der Waals surface area contributed by atoms with Gasteiger partial charge in [0.05, 0.1) is 19.9 Å². The van der Waals surface area contributed by atoms with Crippen LogP contribution in [0.25, 0.3) is 11.1 Å². The zero-order chi connectivity index (χ0) is 14.5. The van der Waals surface area contributed by atoms with E-state index >= 15 is 0 Å². The van der Waals surface area contributed by atoms with E-state index in [9.17, 15) is 4.79 Å². The van der Waals surface area contributed by atoms with Gasteiger partial charge in [-0.1, -0.05) is 11.6 Å². The van der Waals surface area contributed by atoms with Crippen molar-refractivity contribution in [1.29, 1.82) is 0 Å². The molecule has 2 aromatic heterocycles. The highest BCUT2D eigenvalue weighted by Crippen LogP contribution is 2.30. The maximum absolute atomic E-state index is 10.4. The van der Waals surface area contributed by atoms with E-state index in [0.717, 1.165) is 11.1 Å². The number of halogens is 1. The van der Waals surface area contributed by atoms with Crippen LogP contribution in [0.15, 0.2) is 24.7 Å². The smallest absolute Gasteiger partial charge is 0.404 e. The van der Waals surface area contributed by atoms with E-state index in [2.05, 4.69) is 15.4 Å². The zero-order valence-electron chi connectivity index (χ0n) is 10.7. The maximum Gasteiger partial charge on any atom is 0.404 e. The topological polar surface area (TPSA) is 89.3 Å². The summed E-state index contributed by atoms with van der Waals surface area (Å²) in [5, 5.41) is 15.3. The van der Waals surface area contributed by atoms with Crippen LogP contribution < -0.4 is 10.1 Å². The van der Waals surface area contributed by atoms with Crippen molar-refractivity contribution < 1.29 is 14.6 Å². The number of pyridine rings is 1. The summed E-state index contributed by atoms with van der Waals surface area (Å²) in [6, 6.07) is 1.63.